The van der Waals surface area contributed by atoms with Gasteiger partial charge in [0.2, 0.25) is 11.8 Å². The monoisotopic (exact) mass is 875 g/mol. The molecule has 0 spiro atoms. The molecule has 0 radical (unpaired) electrons. The summed E-state index contributed by atoms with van der Waals surface area (Å²) in [5, 5.41) is 5.47. The number of anilines is 1. The number of ether oxygens (including phenoxy) is 3. The number of fused-ring (bicyclic) bond motifs is 2. The quantitative estimate of drug-likeness (QED) is 0.0903. The van der Waals surface area contributed by atoms with Crippen LogP contribution in [0.1, 0.15) is 120 Å². The number of benzene rings is 3. The highest BCUT2D eigenvalue weighted by atomic mass is 16.5. The molecule has 340 valence electrons. The normalized spacial score (nSPS) is 20.9. The van der Waals surface area contributed by atoms with Crippen LogP contribution in [0, 0.1) is 11.8 Å². The third-order valence-corrected chi connectivity index (χ3v) is 13.1. The van der Waals surface area contributed by atoms with Crippen molar-refractivity contribution in [2.24, 2.45) is 11.8 Å². The van der Waals surface area contributed by atoms with Gasteiger partial charge in [0.1, 0.15) is 29.5 Å². The van der Waals surface area contributed by atoms with E-state index in [1.54, 1.807) is 0 Å². The van der Waals surface area contributed by atoms with Crippen molar-refractivity contribution in [3.8, 4) is 5.75 Å². The van der Waals surface area contributed by atoms with E-state index in [0.717, 1.165) is 94.8 Å². The van der Waals surface area contributed by atoms with Gasteiger partial charge in [-0.05, 0) is 117 Å². The average Bonchev–Trinajstić information content (AvgIpc) is 4.15. The number of aromatic nitrogens is 4. The first-order valence-corrected chi connectivity index (χ1v) is 22.7. The van der Waals surface area contributed by atoms with Gasteiger partial charge in [0.15, 0.2) is 0 Å². The summed E-state index contributed by atoms with van der Waals surface area (Å²) in [5.74, 6) is 1.76. The second-order valence-electron chi connectivity index (χ2n) is 17.8. The standard InChI is InChI=1S/C48H61N9O7/c1-8-64-32-17-15-31(16-18-32)57-37(29-13-19-33-35(25-29)51-43(49-33)39-11-9-23-55(39)45(58)41(27(2)3)53-47(60)62-6)21-22-38(57)30-14-20-34-36(26-30)52-44(50-34)40-12-10-24-56(40)46(59)42(28(4)5)54-48(61)63-7/h13-20,25-28,37-42H,8-12,21-24H2,1-7H3,(H,49,51)(H,50,52)(H,53,60)(H,54,61)/t37-,38-,39?,40?,41+,42+/m1/s1. The molecule has 2 aromatic heterocycles. The largest absolute Gasteiger partial charge is 0.494 e. The molecule has 5 aromatic rings. The van der Waals surface area contributed by atoms with Gasteiger partial charge >= 0.3 is 12.2 Å². The van der Waals surface area contributed by atoms with Crippen molar-refractivity contribution in [3.05, 3.63) is 83.4 Å². The predicted octanol–water partition coefficient (Wildman–Crippen LogP) is 8.01. The topological polar surface area (TPSA) is 187 Å². The average molecular weight is 876 g/mol. The molecular weight excluding hydrogens is 815 g/mol. The van der Waals surface area contributed by atoms with Crippen LogP contribution in [0.2, 0.25) is 0 Å². The number of hydrogen-bond donors (Lipinski definition) is 4. The first kappa shape index (κ1) is 44.3. The van der Waals surface area contributed by atoms with E-state index in [9.17, 15) is 19.2 Å². The number of carbonyl (C=O) groups excluding carboxylic acids is 4. The molecule has 3 aliphatic rings. The van der Waals surface area contributed by atoms with Crippen LogP contribution in [0.15, 0.2) is 60.7 Å². The van der Waals surface area contributed by atoms with Crippen molar-refractivity contribution in [2.45, 2.75) is 109 Å². The number of hydrogen-bond acceptors (Lipinski definition) is 10. The first-order valence-electron chi connectivity index (χ1n) is 22.7. The summed E-state index contributed by atoms with van der Waals surface area (Å²) < 4.78 is 15.5. The predicted molar refractivity (Wildman–Crippen MR) is 243 cm³/mol. The summed E-state index contributed by atoms with van der Waals surface area (Å²) in [6, 6.07) is 19.3. The van der Waals surface area contributed by atoms with E-state index in [0.29, 0.717) is 19.7 Å². The van der Waals surface area contributed by atoms with Gasteiger partial charge in [-0.25, -0.2) is 19.6 Å². The van der Waals surface area contributed by atoms with Gasteiger partial charge in [-0.1, -0.05) is 39.8 Å². The van der Waals surface area contributed by atoms with Gasteiger partial charge in [-0.15, -0.1) is 0 Å². The second-order valence-corrected chi connectivity index (χ2v) is 17.8. The van der Waals surface area contributed by atoms with Crippen molar-refractivity contribution in [1.29, 1.82) is 0 Å². The van der Waals surface area contributed by atoms with Crippen molar-refractivity contribution in [1.82, 2.24) is 40.4 Å². The molecule has 0 aliphatic carbocycles. The molecule has 5 heterocycles. The molecule has 8 rings (SSSR count). The van der Waals surface area contributed by atoms with Crippen molar-refractivity contribution in [2.75, 3.05) is 38.8 Å². The Kier molecular flexibility index (Phi) is 13.0. The van der Waals surface area contributed by atoms with Crippen LogP contribution >= 0.6 is 0 Å². The molecule has 16 nitrogen and oxygen atoms in total. The van der Waals surface area contributed by atoms with E-state index in [1.807, 2.05) is 56.6 Å². The minimum atomic E-state index is -0.710. The molecule has 3 aliphatic heterocycles. The van der Waals surface area contributed by atoms with Crippen LogP contribution in [-0.2, 0) is 19.1 Å². The number of methoxy groups -OCH3 is 2. The Labute approximate surface area is 373 Å². The zero-order chi connectivity index (χ0) is 45.2. The summed E-state index contributed by atoms with van der Waals surface area (Å²) >= 11 is 0. The summed E-state index contributed by atoms with van der Waals surface area (Å²) in [6.07, 6.45) is 3.76. The molecule has 16 heteroatoms. The molecule has 0 saturated carbocycles. The van der Waals surface area contributed by atoms with Crippen molar-refractivity contribution >= 4 is 51.8 Å². The highest BCUT2D eigenvalue weighted by molar-refractivity contribution is 5.87. The molecule has 0 bridgehead atoms. The molecular formula is C48H61N9O7. The smallest absolute Gasteiger partial charge is 0.407 e. The maximum atomic E-state index is 13.9. The van der Waals surface area contributed by atoms with Gasteiger partial charge in [-0.2, -0.15) is 0 Å². The molecule has 4 N–H and O–H groups in total. The number of aromatic amines is 2. The van der Waals surface area contributed by atoms with E-state index in [1.165, 1.54) is 14.2 Å². The number of carbonyl (C=O) groups is 4. The lowest BCUT2D eigenvalue weighted by Gasteiger charge is -2.33. The third-order valence-electron chi connectivity index (χ3n) is 13.1. The van der Waals surface area contributed by atoms with Crippen LogP contribution in [0.25, 0.3) is 22.1 Å². The van der Waals surface area contributed by atoms with E-state index >= 15 is 0 Å². The molecule has 3 fully saturated rings. The lowest BCUT2D eigenvalue weighted by Crippen LogP contribution is -2.51. The summed E-state index contributed by atoms with van der Waals surface area (Å²) in [5.41, 5.74) is 6.85. The maximum Gasteiger partial charge on any atom is 0.407 e. The Morgan fingerprint density at radius 2 is 1.11 bits per heavy atom. The van der Waals surface area contributed by atoms with Crippen LogP contribution in [-0.4, -0.2) is 99.7 Å². The van der Waals surface area contributed by atoms with Gasteiger partial charge in [0.25, 0.3) is 0 Å². The summed E-state index contributed by atoms with van der Waals surface area (Å²) in [6.45, 7) is 11.4. The highest BCUT2D eigenvalue weighted by Gasteiger charge is 2.40. The Bertz CT molecular complexity index is 2340. The van der Waals surface area contributed by atoms with Crippen molar-refractivity contribution < 1.29 is 33.4 Å². The first-order chi connectivity index (χ1) is 30.9. The Morgan fingerprint density at radius 1 is 0.656 bits per heavy atom. The number of rotatable bonds is 13. The molecule has 3 saturated heterocycles. The number of amides is 4. The molecule has 3 aromatic carbocycles. The molecule has 2 unspecified atom stereocenters. The van der Waals surface area contributed by atoms with Crippen LogP contribution in [0.4, 0.5) is 15.3 Å². The van der Waals surface area contributed by atoms with Gasteiger partial charge in [0, 0.05) is 18.8 Å². The highest BCUT2D eigenvalue weighted by Crippen LogP contribution is 2.48. The van der Waals surface area contributed by atoms with Gasteiger partial charge in [0.05, 0.1) is 67.1 Å². The Balaban J connectivity index is 1.07. The number of nitrogens with one attached hydrogen (secondary N) is 4. The lowest BCUT2D eigenvalue weighted by atomic mass is 10.0. The second kappa shape index (κ2) is 18.8. The zero-order valence-electron chi connectivity index (χ0n) is 37.9. The molecule has 6 atom stereocenters. The molecule has 4 amide bonds. The number of H-pyrrole nitrogens is 2. The third kappa shape index (κ3) is 8.78. The van der Waals surface area contributed by atoms with E-state index in [2.05, 4.69) is 74.0 Å². The zero-order valence-corrected chi connectivity index (χ0v) is 37.9. The van der Waals surface area contributed by atoms with E-state index in [-0.39, 0.29) is 47.8 Å². The fraction of sp³-hybridized carbons (Fsp3) is 0.500. The Hall–Kier alpha value is -6.32. The SMILES string of the molecule is CCOc1ccc(N2[C@@H](c3ccc4nc(C5CCCN5C(=O)[C@@H](NC(=O)OC)C(C)C)[nH]c4c3)CC[C@@H]2c2ccc3nc(C4CCCN4C(=O)[C@@H](NC(=O)OC)C(C)C)[nH]c3c2)cc1. The van der Waals surface area contributed by atoms with Crippen LogP contribution in [0.5, 0.6) is 5.75 Å². The van der Waals surface area contributed by atoms with E-state index < -0.39 is 24.3 Å². The fourth-order valence-electron chi connectivity index (χ4n) is 9.92. The maximum absolute atomic E-state index is 13.9. The number of nitrogens with zero attached hydrogens (tertiary/aromatic N) is 5. The summed E-state index contributed by atoms with van der Waals surface area (Å²) in [4.78, 5) is 75.4. The van der Waals surface area contributed by atoms with Crippen molar-refractivity contribution in [3.63, 3.8) is 0 Å². The van der Waals surface area contributed by atoms with Gasteiger partial charge in [-0.3, -0.25) is 9.59 Å². The number of likely N-dealkylation sites (tertiary alicyclic amines) is 2. The lowest BCUT2D eigenvalue weighted by molar-refractivity contribution is -0.136. The number of alkyl carbamates (subject to hydrolysis) is 2. The minimum absolute atomic E-state index is 0.0402. The Morgan fingerprint density at radius 3 is 1.52 bits per heavy atom. The number of imidazole rings is 2. The molecule has 64 heavy (non-hydrogen) atoms. The fourth-order valence-corrected chi connectivity index (χ4v) is 9.92. The minimum Gasteiger partial charge on any atom is -0.494 e. The van der Waals surface area contributed by atoms with Gasteiger partial charge < -0.3 is 49.5 Å². The van der Waals surface area contributed by atoms with Crippen LogP contribution < -0.4 is 20.3 Å². The summed E-state index contributed by atoms with van der Waals surface area (Å²) in [7, 11) is 2.60. The van der Waals surface area contributed by atoms with E-state index in [4.69, 9.17) is 24.2 Å². The van der Waals surface area contributed by atoms with Crippen LogP contribution in [0.3, 0.4) is 0 Å².